The van der Waals surface area contributed by atoms with Crippen molar-refractivity contribution in [3.63, 3.8) is 0 Å². The van der Waals surface area contributed by atoms with Gasteiger partial charge >= 0.3 is 5.97 Å². The summed E-state index contributed by atoms with van der Waals surface area (Å²) in [6.07, 6.45) is 0.0910. The Labute approximate surface area is 126 Å². The third-order valence-corrected chi connectivity index (χ3v) is 5.68. The van der Waals surface area contributed by atoms with E-state index in [1.165, 1.54) is 11.2 Å². The van der Waals surface area contributed by atoms with Gasteiger partial charge in [-0.15, -0.1) is 0 Å². The standard InChI is InChI=1S/C13H26N2O5S/c1-5-20-12(17)11-6-8-15(9-7-11)21(18,19)14-13(3,4)10(2)16/h10-11,14,16H,5-9H2,1-4H3. The molecule has 0 spiro atoms. The number of esters is 1. The number of nitrogens with zero attached hydrogens (tertiary/aromatic N) is 1. The van der Waals surface area contributed by atoms with Gasteiger partial charge < -0.3 is 9.84 Å². The highest BCUT2D eigenvalue weighted by Crippen LogP contribution is 2.21. The first-order valence-electron chi connectivity index (χ1n) is 7.24. The maximum absolute atomic E-state index is 12.3. The molecule has 1 saturated heterocycles. The van der Waals surface area contributed by atoms with Crippen molar-refractivity contribution in [1.82, 2.24) is 9.03 Å². The highest BCUT2D eigenvalue weighted by Gasteiger charge is 2.36. The lowest BCUT2D eigenvalue weighted by molar-refractivity contribution is -0.149. The van der Waals surface area contributed by atoms with Gasteiger partial charge in [-0.25, -0.2) is 0 Å². The predicted octanol–water partition coefficient (Wildman–Crippen LogP) is 0.255. The molecule has 2 N–H and O–H groups in total. The number of aliphatic hydroxyl groups excluding tert-OH is 1. The van der Waals surface area contributed by atoms with Gasteiger partial charge in [0, 0.05) is 13.1 Å². The van der Waals surface area contributed by atoms with E-state index in [1.54, 1.807) is 20.8 Å². The summed E-state index contributed by atoms with van der Waals surface area (Å²) in [6.45, 7) is 7.42. The lowest BCUT2D eigenvalue weighted by Crippen LogP contribution is -2.56. The third-order valence-electron chi connectivity index (χ3n) is 3.85. The maximum Gasteiger partial charge on any atom is 0.309 e. The van der Waals surface area contributed by atoms with E-state index in [9.17, 15) is 18.3 Å². The Morgan fingerprint density at radius 2 is 1.95 bits per heavy atom. The molecule has 124 valence electrons. The van der Waals surface area contributed by atoms with E-state index in [2.05, 4.69) is 4.72 Å². The van der Waals surface area contributed by atoms with Gasteiger partial charge in [-0.05, 0) is 40.5 Å². The summed E-state index contributed by atoms with van der Waals surface area (Å²) in [5.74, 6) is -0.493. The fraction of sp³-hybridized carbons (Fsp3) is 0.923. The van der Waals surface area contributed by atoms with Gasteiger partial charge in [0.1, 0.15) is 0 Å². The van der Waals surface area contributed by atoms with E-state index in [0.717, 1.165) is 0 Å². The van der Waals surface area contributed by atoms with Crippen molar-refractivity contribution < 1.29 is 23.1 Å². The van der Waals surface area contributed by atoms with Crippen LogP contribution in [0.15, 0.2) is 0 Å². The first-order valence-corrected chi connectivity index (χ1v) is 8.68. The number of piperidine rings is 1. The molecular formula is C13H26N2O5S. The summed E-state index contributed by atoms with van der Waals surface area (Å²) in [5.41, 5.74) is -0.948. The molecule has 8 heteroatoms. The number of hydrogen-bond donors (Lipinski definition) is 2. The second kappa shape index (κ2) is 7.04. The van der Waals surface area contributed by atoms with Gasteiger partial charge in [0.05, 0.1) is 24.2 Å². The van der Waals surface area contributed by atoms with Crippen LogP contribution >= 0.6 is 0 Å². The number of carbonyl (C=O) groups is 1. The van der Waals surface area contributed by atoms with E-state index in [0.29, 0.717) is 19.4 Å². The van der Waals surface area contributed by atoms with Crippen LogP contribution in [0.2, 0.25) is 0 Å². The van der Waals surface area contributed by atoms with Crippen molar-refractivity contribution in [3.05, 3.63) is 0 Å². The Morgan fingerprint density at radius 1 is 1.43 bits per heavy atom. The van der Waals surface area contributed by atoms with E-state index in [1.807, 2.05) is 0 Å². The molecule has 1 unspecified atom stereocenters. The molecule has 1 heterocycles. The van der Waals surface area contributed by atoms with E-state index >= 15 is 0 Å². The SMILES string of the molecule is CCOC(=O)C1CCN(S(=O)(=O)NC(C)(C)C(C)O)CC1. The summed E-state index contributed by atoms with van der Waals surface area (Å²) < 4.78 is 33.4. The minimum Gasteiger partial charge on any atom is -0.466 e. The third kappa shape index (κ3) is 4.91. The zero-order valence-corrected chi connectivity index (χ0v) is 13.9. The molecule has 7 nitrogen and oxygen atoms in total. The van der Waals surface area contributed by atoms with Crippen LogP contribution in [0.4, 0.5) is 0 Å². The highest BCUT2D eigenvalue weighted by atomic mass is 32.2. The molecule has 1 aliphatic heterocycles. The minimum absolute atomic E-state index is 0.235. The average Bonchev–Trinajstić information content (AvgIpc) is 2.38. The Bertz CT molecular complexity index is 453. The first-order chi connectivity index (χ1) is 9.60. The van der Waals surface area contributed by atoms with Gasteiger partial charge in [-0.3, -0.25) is 4.79 Å². The fourth-order valence-corrected chi connectivity index (χ4v) is 3.73. The van der Waals surface area contributed by atoms with Crippen molar-refractivity contribution in [2.75, 3.05) is 19.7 Å². The van der Waals surface area contributed by atoms with Gasteiger partial charge in [0.25, 0.3) is 10.2 Å². The summed E-state index contributed by atoms with van der Waals surface area (Å²) in [6, 6.07) is 0. The summed E-state index contributed by atoms with van der Waals surface area (Å²) in [5, 5.41) is 9.61. The van der Waals surface area contributed by atoms with Crippen LogP contribution in [-0.2, 0) is 19.7 Å². The molecule has 0 radical (unpaired) electrons. The number of ether oxygens (including phenoxy) is 1. The van der Waals surface area contributed by atoms with E-state index in [-0.39, 0.29) is 25.0 Å². The number of nitrogens with one attached hydrogen (secondary N) is 1. The van der Waals surface area contributed by atoms with Gasteiger partial charge in [-0.2, -0.15) is 17.4 Å². The van der Waals surface area contributed by atoms with Crippen molar-refractivity contribution in [3.8, 4) is 0 Å². The highest BCUT2D eigenvalue weighted by molar-refractivity contribution is 7.87. The fourth-order valence-electron chi connectivity index (χ4n) is 2.07. The molecule has 1 fully saturated rings. The number of hydrogen-bond acceptors (Lipinski definition) is 5. The minimum atomic E-state index is -3.68. The van der Waals surface area contributed by atoms with Gasteiger partial charge in [0.2, 0.25) is 0 Å². The van der Waals surface area contributed by atoms with Crippen molar-refractivity contribution in [1.29, 1.82) is 0 Å². The average molecular weight is 322 g/mol. The van der Waals surface area contributed by atoms with Gasteiger partial charge in [0.15, 0.2) is 0 Å². The molecule has 21 heavy (non-hydrogen) atoms. The monoisotopic (exact) mass is 322 g/mol. The number of rotatable bonds is 6. The maximum atomic E-state index is 12.3. The number of carbonyl (C=O) groups excluding carboxylic acids is 1. The van der Waals surface area contributed by atoms with Crippen molar-refractivity contribution in [2.45, 2.75) is 52.2 Å². The molecule has 0 aromatic carbocycles. The molecule has 0 aromatic heterocycles. The smallest absolute Gasteiger partial charge is 0.309 e. The molecular weight excluding hydrogens is 296 g/mol. The van der Waals surface area contributed by atoms with Crippen LogP contribution in [0.5, 0.6) is 0 Å². The van der Waals surface area contributed by atoms with Gasteiger partial charge in [-0.1, -0.05) is 0 Å². The second-order valence-electron chi connectivity index (χ2n) is 5.93. The van der Waals surface area contributed by atoms with Crippen molar-refractivity contribution in [2.24, 2.45) is 5.92 Å². The molecule has 0 saturated carbocycles. The van der Waals surface area contributed by atoms with Crippen molar-refractivity contribution >= 4 is 16.2 Å². The molecule has 1 aliphatic rings. The van der Waals surface area contributed by atoms with Crippen LogP contribution in [0, 0.1) is 5.92 Å². The summed E-state index contributed by atoms with van der Waals surface area (Å²) in [4.78, 5) is 11.6. The normalized spacial score (nSPS) is 20.2. The Hall–Kier alpha value is -0.700. The quantitative estimate of drug-likeness (QED) is 0.684. The zero-order chi connectivity index (χ0) is 16.3. The van der Waals surface area contributed by atoms with E-state index < -0.39 is 21.9 Å². The summed E-state index contributed by atoms with van der Waals surface area (Å²) >= 11 is 0. The Balaban J connectivity index is 2.63. The molecule has 0 amide bonds. The zero-order valence-electron chi connectivity index (χ0n) is 13.1. The second-order valence-corrected chi connectivity index (χ2v) is 7.60. The molecule has 0 aliphatic carbocycles. The van der Waals surface area contributed by atoms with E-state index in [4.69, 9.17) is 4.74 Å². The lowest BCUT2D eigenvalue weighted by Gasteiger charge is -2.35. The Kier molecular flexibility index (Phi) is 6.15. The van der Waals surface area contributed by atoms with Crippen LogP contribution in [-0.4, -0.2) is 55.1 Å². The van der Waals surface area contributed by atoms with Crippen LogP contribution in [0.3, 0.4) is 0 Å². The Morgan fingerprint density at radius 3 is 2.38 bits per heavy atom. The van der Waals surface area contributed by atoms with Crippen LogP contribution < -0.4 is 4.72 Å². The first kappa shape index (κ1) is 18.3. The summed E-state index contributed by atoms with van der Waals surface area (Å²) in [7, 11) is -3.68. The lowest BCUT2D eigenvalue weighted by atomic mass is 9.98. The number of aliphatic hydroxyl groups is 1. The largest absolute Gasteiger partial charge is 0.466 e. The molecule has 1 atom stereocenters. The molecule has 0 aromatic rings. The topological polar surface area (TPSA) is 95.9 Å². The molecule has 0 bridgehead atoms. The molecule has 1 rings (SSSR count). The van der Waals surface area contributed by atoms with Crippen LogP contribution in [0.25, 0.3) is 0 Å². The van der Waals surface area contributed by atoms with Crippen LogP contribution in [0.1, 0.15) is 40.5 Å². The predicted molar refractivity (Wildman–Crippen MR) is 78.7 cm³/mol.